The van der Waals surface area contributed by atoms with Crippen LogP contribution >= 0.6 is 23.4 Å². The first kappa shape index (κ1) is 26.7. The lowest BCUT2D eigenvalue weighted by molar-refractivity contribution is -0.128. The zero-order valence-electron chi connectivity index (χ0n) is 21.8. The predicted molar refractivity (Wildman–Crippen MR) is 151 cm³/mol. The van der Waals surface area contributed by atoms with E-state index in [2.05, 4.69) is 22.5 Å². The van der Waals surface area contributed by atoms with Gasteiger partial charge in [0.2, 0.25) is 5.91 Å². The van der Waals surface area contributed by atoms with Crippen LogP contribution in [0.5, 0.6) is 0 Å². The Balaban J connectivity index is 1.75. The van der Waals surface area contributed by atoms with Gasteiger partial charge in [-0.3, -0.25) is 9.36 Å². The molecule has 3 atom stereocenters. The number of rotatable bonds is 4. The van der Waals surface area contributed by atoms with Crippen LogP contribution in [0, 0.1) is 12.7 Å². The number of aromatic nitrogens is 2. The van der Waals surface area contributed by atoms with Crippen molar-refractivity contribution >= 4 is 46.0 Å². The fourth-order valence-electron chi connectivity index (χ4n) is 5.48. The van der Waals surface area contributed by atoms with Crippen LogP contribution in [0.2, 0.25) is 5.02 Å². The zero-order valence-corrected chi connectivity index (χ0v) is 23.4. The highest BCUT2D eigenvalue weighted by Crippen LogP contribution is 2.44. The maximum absolute atomic E-state index is 14.0. The van der Waals surface area contributed by atoms with Gasteiger partial charge in [0.15, 0.2) is 0 Å². The Hall–Kier alpha value is -2.88. The number of benzene rings is 2. The monoisotopic (exact) mass is 556 g/mol. The van der Waals surface area contributed by atoms with Gasteiger partial charge in [0, 0.05) is 53.9 Å². The molecule has 1 aromatic heterocycles. The molecule has 5 rings (SSSR count). The van der Waals surface area contributed by atoms with E-state index in [1.165, 1.54) is 12.1 Å². The van der Waals surface area contributed by atoms with Gasteiger partial charge < -0.3 is 14.5 Å². The van der Waals surface area contributed by atoms with Crippen molar-refractivity contribution in [3.05, 3.63) is 63.8 Å². The number of amides is 1. The number of halogens is 2. The number of hydrogen-bond acceptors (Lipinski definition) is 6. The molecule has 0 aliphatic carbocycles. The number of carbonyl (C=O) groups is 1. The van der Waals surface area contributed by atoms with E-state index < -0.39 is 5.82 Å². The molecular weight excluding hydrogens is 527 g/mol. The minimum Gasteiger partial charge on any atom is -0.379 e. The normalized spacial score (nSPS) is 21.5. The van der Waals surface area contributed by atoms with Crippen LogP contribution in [0.1, 0.15) is 19.4 Å². The average molecular weight is 557 g/mol. The first-order valence-corrected chi connectivity index (χ1v) is 13.9. The molecule has 1 amide bonds. The summed E-state index contributed by atoms with van der Waals surface area (Å²) in [6.07, 6.45) is 1.16. The highest BCUT2D eigenvalue weighted by atomic mass is 35.5. The van der Waals surface area contributed by atoms with Crippen molar-refractivity contribution in [2.24, 2.45) is 0 Å². The molecule has 7 nitrogen and oxygen atoms in total. The standard InChI is InChI=1S/C28H30ClFN4O3S/c1-6-23(35)32-11-17(4)33(12-16(32)3)27-20-9-15(2)24(18-7-8-22(30)21(29)10-18)26-25(20)34(28(36)31-27)13-19(37-5)14-38-26/h6-10,16-17,19H,1,11-14H2,2-5H3/t16-,17+,19+/m1/s1. The predicted octanol–water partition coefficient (Wildman–Crippen LogP) is 4.90. The van der Waals surface area contributed by atoms with Gasteiger partial charge in [-0.1, -0.05) is 24.2 Å². The number of ether oxygens (including phenoxy) is 1. The van der Waals surface area contributed by atoms with E-state index in [9.17, 15) is 14.0 Å². The Morgan fingerprint density at radius 1 is 1.24 bits per heavy atom. The molecule has 1 fully saturated rings. The topological polar surface area (TPSA) is 67.7 Å². The third-order valence-corrected chi connectivity index (χ3v) is 8.97. The lowest BCUT2D eigenvalue weighted by Gasteiger charge is -2.44. The van der Waals surface area contributed by atoms with Gasteiger partial charge in [-0.05, 0) is 56.2 Å². The highest BCUT2D eigenvalue weighted by molar-refractivity contribution is 7.99. The second-order valence-corrected chi connectivity index (χ2v) is 11.4. The van der Waals surface area contributed by atoms with E-state index in [-0.39, 0.29) is 34.8 Å². The Kier molecular flexibility index (Phi) is 7.28. The van der Waals surface area contributed by atoms with Crippen molar-refractivity contribution in [1.29, 1.82) is 0 Å². The van der Waals surface area contributed by atoms with Crippen molar-refractivity contribution < 1.29 is 13.9 Å². The summed E-state index contributed by atoms with van der Waals surface area (Å²) in [5, 5.41) is 0.908. The van der Waals surface area contributed by atoms with E-state index in [1.807, 2.05) is 20.8 Å². The number of anilines is 1. The Labute approximate surface area is 230 Å². The number of piperazine rings is 1. The Morgan fingerprint density at radius 2 is 2.00 bits per heavy atom. The molecule has 3 heterocycles. The molecule has 0 unspecified atom stereocenters. The van der Waals surface area contributed by atoms with E-state index in [1.54, 1.807) is 40.5 Å². The maximum atomic E-state index is 14.0. The van der Waals surface area contributed by atoms with Gasteiger partial charge in [0.1, 0.15) is 11.6 Å². The number of aryl methyl sites for hydroxylation is 1. The summed E-state index contributed by atoms with van der Waals surface area (Å²) in [6, 6.07) is 6.62. The molecule has 0 N–H and O–H groups in total. The van der Waals surface area contributed by atoms with Gasteiger partial charge in [-0.25, -0.2) is 9.18 Å². The molecule has 2 aliphatic rings. The van der Waals surface area contributed by atoms with Crippen LogP contribution in [0.3, 0.4) is 0 Å². The van der Waals surface area contributed by atoms with Crippen LogP contribution in [0.25, 0.3) is 22.0 Å². The summed E-state index contributed by atoms with van der Waals surface area (Å²) in [7, 11) is 1.64. The molecule has 0 spiro atoms. The first-order valence-electron chi connectivity index (χ1n) is 12.5. The van der Waals surface area contributed by atoms with Gasteiger partial charge in [-0.2, -0.15) is 4.98 Å². The summed E-state index contributed by atoms with van der Waals surface area (Å²) in [5.41, 5.74) is 3.09. The summed E-state index contributed by atoms with van der Waals surface area (Å²) < 4.78 is 21.4. The van der Waals surface area contributed by atoms with Crippen LogP contribution in [-0.2, 0) is 16.1 Å². The Morgan fingerprint density at radius 3 is 2.68 bits per heavy atom. The van der Waals surface area contributed by atoms with Gasteiger partial charge >= 0.3 is 5.69 Å². The van der Waals surface area contributed by atoms with Crippen LogP contribution in [-0.4, -0.2) is 64.5 Å². The van der Waals surface area contributed by atoms with E-state index in [0.717, 1.165) is 32.5 Å². The molecular formula is C28H30ClFN4O3S. The largest absolute Gasteiger partial charge is 0.379 e. The lowest BCUT2D eigenvalue weighted by Crippen LogP contribution is -2.58. The number of methoxy groups -OCH3 is 1. The van der Waals surface area contributed by atoms with Crippen LogP contribution in [0.4, 0.5) is 10.2 Å². The molecule has 1 saturated heterocycles. The quantitative estimate of drug-likeness (QED) is 0.426. The van der Waals surface area contributed by atoms with Crippen molar-refractivity contribution in [2.75, 3.05) is 30.9 Å². The minimum atomic E-state index is -0.479. The zero-order chi connectivity index (χ0) is 27.3. The number of carbonyl (C=O) groups excluding carboxylic acids is 1. The molecule has 0 saturated carbocycles. The summed E-state index contributed by atoms with van der Waals surface area (Å²) in [4.78, 5) is 35.4. The molecule has 0 bridgehead atoms. The maximum Gasteiger partial charge on any atom is 0.350 e. The van der Waals surface area contributed by atoms with Gasteiger partial charge in [0.05, 0.1) is 23.2 Å². The summed E-state index contributed by atoms with van der Waals surface area (Å²) in [5.74, 6) is 0.664. The summed E-state index contributed by atoms with van der Waals surface area (Å²) in [6.45, 7) is 11.1. The van der Waals surface area contributed by atoms with Crippen molar-refractivity contribution in [2.45, 2.75) is 50.4 Å². The molecule has 2 aromatic carbocycles. The molecule has 0 radical (unpaired) electrons. The highest BCUT2D eigenvalue weighted by Gasteiger charge is 2.34. The van der Waals surface area contributed by atoms with Crippen LogP contribution in [0.15, 0.2) is 46.6 Å². The third kappa shape index (κ3) is 4.50. The third-order valence-electron chi connectivity index (χ3n) is 7.45. The van der Waals surface area contributed by atoms with Gasteiger partial charge in [0.25, 0.3) is 0 Å². The van der Waals surface area contributed by atoms with Crippen molar-refractivity contribution in [1.82, 2.24) is 14.5 Å². The smallest absolute Gasteiger partial charge is 0.350 e. The minimum absolute atomic E-state index is 0.0464. The van der Waals surface area contributed by atoms with Crippen LogP contribution < -0.4 is 10.6 Å². The number of thioether (sulfide) groups is 1. The second kappa shape index (κ2) is 10.4. The Bertz CT molecular complexity index is 1510. The average Bonchev–Trinajstić information content (AvgIpc) is 3.09. The van der Waals surface area contributed by atoms with E-state index >= 15 is 0 Å². The summed E-state index contributed by atoms with van der Waals surface area (Å²) >= 11 is 7.79. The number of nitrogens with zero attached hydrogens (tertiary/aromatic N) is 4. The fourth-order valence-corrected chi connectivity index (χ4v) is 7.04. The molecule has 38 heavy (non-hydrogen) atoms. The SMILES string of the molecule is C=CC(=O)N1C[C@H](C)N(c2nc(=O)n3c4c(c(-c5ccc(F)c(Cl)c5)c(C)cc24)SC[C@@H](OC)C3)C[C@H]1C. The molecule has 2 aliphatic heterocycles. The van der Waals surface area contributed by atoms with E-state index in [4.69, 9.17) is 16.3 Å². The first-order chi connectivity index (χ1) is 18.1. The van der Waals surface area contributed by atoms with Crippen molar-refractivity contribution in [3.63, 3.8) is 0 Å². The molecule has 10 heteroatoms. The molecule has 200 valence electrons. The molecule has 3 aromatic rings. The van der Waals surface area contributed by atoms with Gasteiger partial charge in [-0.15, -0.1) is 11.8 Å². The van der Waals surface area contributed by atoms with Crippen molar-refractivity contribution in [3.8, 4) is 11.1 Å². The lowest BCUT2D eigenvalue weighted by atomic mass is 9.97. The second-order valence-electron chi connectivity index (χ2n) is 9.97. The van der Waals surface area contributed by atoms with E-state index in [0.29, 0.717) is 31.2 Å². The fraction of sp³-hybridized carbons (Fsp3) is 0.393. The number of hydrogen-bond donors (Lipinski definition) is 0.